The van der Waals surface area contributed by atoms with Crippen molar-refractivity contribution in [3.05, 3.63) is 11.3 Å². The van der Waals surface area contributed by atoms with E-state index in [-0.39, 0.29) is 5.70 Å². The minimum atomic E-state index is -1.46. The minimum Gasteiger partial charge on any atom is -0.477 e. The van der Waals surface area contributed by atoms with Crippen molar-refractivity contribution in [1.82, 2.24) is 4.90 Å². The number of carboxylic acids is 1. The second-order valence-corrected chi connectivity index (χ2v) is 5.24. The average molecular weight is 301 g/mol. The van der Waals surface area contributed by atoms with E-state index in [4.69, 9.17) is 15.3 Å². The molecule has 8 nitrogen and oxygen atoms in total. The first-order valence-corrected chi connectivity index (χ1v) is 6.93. The normalized spacial score (nSPS) is 29.4. The van der Waals surface area contributed by atoms with Crippen LogP contribution in [0.15, 0.2) is 16.4 Å². The fourth-order valence-electron chi connectivity index (χ4n) is 2.04. The predicted octanol–water partition coefficient (Wildman–Crippen LogP) is -0.436. The zero-order valence-corrected chi connectivity index (χ0v) is 11.8. The van der Waals surface area contributed by atoms with Crippen molar-refractivity contribution in [1.29, 1.82) is 0 Å². The molecule has 0 aromatic carbocycles. The molecule has 1 amide bonds. The van der Waals surface area contributed by atoms with Gasteiger partial charge in [-0.05, 0) is 6.92 Å². The van der Waals surface area contributed by atoms with Crippen LogP contribution >= 0.6 is 11.8 Å². The van der Waals surface area contributed by atoms with Crippen molar-refractivity contribution in [3.63, 3.8) is 0 Å². The van der Waals surface area contributed by atoms with Crippen LogP contribution in [0.3, 0.4) is 0 Å². The van der Waals surface area contributed by atoms with Gasteiger partial charge in [-0.25, -0.2) is 4.79 Å². The van der Waals surface area contributed by atoms with E-state index in [2.05, 4.69) is 5.16 Å². The summed E-state index contributed by atoms with van der Waals surface area (Å²) >= 11 is 1.32. The predicted molar refractivity (Wildman–Crippen MR) is 71.8 cm³/mol. The van der Waals surface area contributed by atoms with E-state index in [0.29, 0.717) is 17.9 Å². The Hall–Kier alpha value is -1.58. The second kappa shape index (κ2) is 5.43. The van der Waals surface area contributed by atoms with E-state index in [1.54, 1.807) is 6.92 Å². The van der Waals surface area contributed by atoms with Gasteiger partial charge in [0, 0.05) is 18.4 Å². The Bertz CT molecular complexity index is 506. The first-order valence-electron chi connectivity index (χ1n) is 5.88. The van der Waals surface area contributed by atoms with Crippen LogP contribution in [-0.4, -0.2) is 58.7 Å². The lowest BCUT2D eigenvalue weighted by Gasteiger charge is -2.53. The summed E-state index contributed by atoms with van der Waals surface area (Å²) in [5.41, 5.74) is 4.63. The third kappa shape index (κ3) is 2.07. The first-order chi connectivity index (χ1) is 9.47. The Balaban J connectivity index is 2.33. The summed E-state index contributed by atoms with van der Waals surface area (Å²) in [6, 6.07) is 0. The number of thioether (sulfide) groups is 1. The van der Waals surface area contributed by atoms with E-state index < -0.39 is 23.0 Å². The number of carbonyl (C=O) groups is 2. The van der Waals surface area contributed by atoms with Gasteiger partial charge in [0.05, 0.1) is 6.21 Å². The van der Waals surface area contributed by atoms with Crippen molar-refractivity contribution >= 4 is 29.9 Å². The van der Waals surface area contributed by atoms with Crippen LogP contribution < -0.4 is 5.73 Å². The highest BCUT2D eigenvalue weighted by Gasteiger charge is 2.63. The van der Waals surface area contributed by atoms with Crippen LogP contribution in [0.5, 0.6) is 0 Å². The number of rotatable bonds is 5. The van der Waals surface area contributed by atoms with E-state index in [1.165, 1.54) is 25.1 Å². The summed E-state index contributed by atoms with van der Waals surface area (Å²) in [6.45, 7) is 2.13. The molecule has 2 heterocycles. The number of carbonyl (C=O) groups excluding carboxylic acids is 1. The molecular formula is C11H15N3O5S. The van der Waals surface area contributed by atoms with Crippen LogP contribution in [0.25, 0.3) is 0 Å². The monoisotopic (exact) mass is 301 g/mol. The van der Waals surface area contributed by atoms with E-state index in [0.717, 1.165) is 4.90 Å². The highest BCUT2D eigenvalue weighted by Crippen LogP contribution is 2.44. The van der Waals surface area contributed by atoms with Crippen molar-refractivity contribution in [2.24, 2.45) is 10.9 Å². The molecule has 0 spiro atoms. The Morgan fingerprint density at radius 3 is 3.00 bits per heavy atom. The molecule has 0 saturated carbocycles. The number of amides is 1. The van der Waals surface area contributed by atoms with Gasteiger partial charge < -0.3 is 14.7 Å². The Morgan fingerprint density at radius 1 is 1.75 bits per heavy atom. The molecule has 3 N–H and O–H groups in total. The molecule has 2 atom stereocenters. The molecule has 0 aromatic rings. The number of hydrogen-bond donors (Lipinski definition) is 2. The fourth-order valence-corrected chi connectivity index (χ4v) is 3.38. The van der Waals surface area contributed by atoms with E-state index in [1.807, 2.05) is 0 Å². The maximum atomic E-state index is 12.0. The molecule has 0 aromatic heterocycles. The second-order valence-electron chi connectivity index (χ2n) is 4.17. The molecule has 1 fully saturated rings. The standard InChI is InChI=1S/C11H15N3O5S/c1-3-19-13-4-6-5-20-10-11(12,18-2)9(17)14(10)7(6)8(15)16/h4,10H,3,5,12H2,1-2H3,(H,15,16)/b13-4+/t10-,11+/m1/s1. The fraction of sp³-hybridized carbons (Fsp3) is 0.545. The van der Waals surface area contributed by atoms with Gasteiger partial charge in [-0.3, -0.25) is 15.4 Å². The van der Waals surface area contributed by atoms with Crippen molar-refractivity contribution in [3.8, 4) is 0 Å². The Kier molecular flexibility index (Phi) is 4.02. The van der Waals surface area contributed by atoms with Crippen molar-refractivity contribution < 1.29 is 24.3 Å². The number of ether oxygens (including phenoxy) is 1. The average Bonchev–Trinajstić information content (AvgIpc) is 2.45. The number of carboxylic acid groups (broad SMARTS) is 1. The number of oxime groups is 1. The highest BCUT2D eigenvalue weighted by atomic mass is 32.2. The topological polar surface area (TPSA) is 114 Å². The maximum Gasteiger partial charge on any atom is 0.353 e. The zero-order valence-electron chi connectivity index (χ0n) is 11.0. The van der Waals surface area contributed by atoms with Crippen molar-refractivity contribution in [2.75, 3.05) is 19.5 Å². The third-order valence-electron chi connectivity index (χ3n) is 3.05. The summed E-state index contributed by atoms with van der Waals surface area (Å²) < 4.78 is 5.01. The Labute approximate surface area is 119 Å². The number of β-lactam (4-membered cyclic amide) rings is 1. The lowest BCUT2D eigenvalue weighted by molar-refractivity contribution is -0.182. The van der Waals surface area contributed by atoms with Gasteiger partial charge in [-0.15, -0.1) is 11.8 Å². The first kappa shape index (κ1) is 14.8. The van der Waals surface area contributed by atoms with E-state index >= 15 is 0 Å². The van der Waals surface area contributed by atoms with Crippen LogP contribution in [0.1, 0.15) is 6.92 Å². The van der Waals surface area contributed by atoms with Gasteiger partial charge in [0.2, 0.25) is 5.72 Å². The summed E-state index contributed by atoms with van der Waals surface area (Å²) in [7, 11) is 1.33. The smallest absolute Gasteiger partial charge is 0.353 e. The van der Waals surface area contributed by atoms with Gasteiger partial charge in [0.1, 0.15) is 17.7 Å². The number of nitrogens with two attached hydrogens (primary N) is 1. The van der Waals surface area contributed by atoms with Gasteiger partial charge in [0.25, 0.3) is 5.91 Å². The van der Waals surface area contributed by atoms with Crippen LogP contribution in [0, 0.1) is 0 Å². The Morgan fingerprint density at radius 2 is 2.45 bits per heavy atom. The summed E-state index contributed by atoms with van der Waals surface area (Å²) in [5.74, 6) is -1.42. The molecule has 0 unspecified atom stereocenters. The lowest BCUT2D eigenvalue weighted by atomic mass is 10.00. The summed E-state index contributed by atoms with van der Waals surface area (Å²) in [6.07, 6.45) is 1.31. The molecule has 110 valence electrons. The molecule has 1 saturated heterocycles. The minimum absolute atomic E-state index is 0.125. The number of methoxy groups -OCH3 is 1. The molecule has 0 aliphatic carbocycles. The molecule has 2 aliphatic heterocycles. The van der Waals surface area contributed by atoms with Crippen LogP contribution in [0.4, 0.5) is 0 Å². The van der Waals surface area contributed by atoms with Gasteiger partial charge >= 0.3 is 5.97 Å². The third-order valence-corrected chi connectivity index (χ3v) is 4.40. The molecule has 0 radical (unpaired) electrons. The highest BCUT2D eigenvalue weighted by molar-refractivity contribution is 8.00. The van der Waals surface area contributed by atoms with Crippen LogP contribution in [0.2, 0.25) is 0 Å². The van der Waals surface area contributed by atoms with E-state index in [9.17, 15) is 14.7 Å². The summed E-state index contributed by atoms with van der Waals surface area (Å²) in [5, 5.41) is 12.4. The lowest BCUT2D eigenvalue weighted by Crippen LogP contribution is -2.78. The van der Waals surface area contributed by atoms with Gasteiger partial charge in [-0.1, -0.05) is 5.16 Å². The van der Waals surface area contributed by atoms with Gasteiger partial charge in [0.15, 0.2) is 0 Å². The molecule has 0 bridgehead atoms. The van der Waals surface area contributed by atoms with Gasteiger partial charge in [-0.2, -0.15) is 0 Å². The number of aliphatic carboxylic acids is 1. The largest absolute Gasteiger partial charge is 0.477 e. The van der Waals surface area contributed by atoms with Crippen LogP contribution in [-0.2, 0) is 19.2 Å². The molecule has 2 aliphatic rings. The molecule has 20 heavy (non-hydrogen) atoms. The quantitative estimate of drug-likeness (QED) is 0.306. The SMILES string of the molecule is CCO/N=C/C1=C(C(=O)O)N2C(=O)[C@](N)(OC)[C@H]2SC1. The van der Waals surface area contributed by atoms with Crippen molar-refractivity contribution in [2.45, 2.75) is 18.0 Å². The number of nitrogens with zero attached hydrogens (tertiary/aromatic N) is 2. The maximum absolute atomic E-state index is 12.0. The molecule has 2 rings (SSSR count). The summed E-state index contributed by atoms with van der Waals surface area (Å²) in [4.78, 5) is 29.4. The number of hydrogen-bond acceptors (Lipinski definition) is 7. The molecular weight excluding hydrogens is 286 g/mol. The zero-order chi connectivity index (χ0) is 14.9. The molecule has 9 heteroatoms. The number of fused-ring (bicyclic) bond motifs is 1.